The van der Waals surface area contributed by atoms with Crippen molar-refractivity contribution < 1.29 is 9.90 Å². The highest BCUT2D eigenvalue weighted by Gasteiger charge is 2.09. The molecule has 1 unspecified atom stereocenters. The Bertz CT molecular complexity index is 559. The maximum Gasteiger partial charge on any atom is 0.247 e. The topological polar surface area (TPSA) is 101 Å². The molecule has 1 aromatic heterocycles. The number of hydrogen-bond acceptors (Lipinski definition) is 5. The van der Waals surface area contributed by atoms with Crippen molar-refractivity contribution in [2.75, 3.05) is 6.54 Å². The first-order valence-electron chi connectivity index (χ1n) is 5.55. The number of amides is 1. The van der Waals surface area contributed by atoms with Crippen LogP contribution in [-0.4, -0.2) is 33.6 Å². The number of nitrogens with zero attached hydrogens (tertiary/aromatic N) is 2. The summed E-state index contributed by atoms with van der Waals surface area (Å²) >= 11 is 0. The molecule has 1 aromatic carbocycles. The summed E-state index contributed by atoms with van der Waals surface area (Å²) in [5, 5.41) is 12.1. The van der Waals surface area contributed by atoms with Gasteiger partial charge in [-0.25, -0.2) is 4.98 Å². The van der Waals surface area contributed by atoms with E-state index in [1.54, 1.807) is 6.20 Å². The SMILES string of the molecule is NC(=O)C(O)CNCc1cnc2ccccc2n1. The Hall–Kier alpha value is -2.05. The Morgan fingerprint density at radius 1 is 1.39 bits per heavy atom. The Balaban J connectivity index is 1.98. The number of carbonyl (C=O) groups is 1. The predicted octanol–water partition coefficient (Wildman–Crippen LogP) is -0.434. The third-order valence-electron chi connectivity index (χ3n) is 2.47. The third kappa shape index (κ3) is 2.99. The van der Waals surface area contributed by atoms with E-state index in [0.29, 0.717) is 6.54 Å². The summed E-state index contributed by atoms with van der Waals surface area (Å²) < 4.78 is 0. The van der Waals surface area contributed by atoms with Crippen molar-refractivity contribution in [2.45, 2.75) is 12.6 Å². The van der Waals surface area contributed by atoms with Crippen LogP contribution in [-0.2, 0) is 11.3 Å². The summed E-state index contributed by atoms with van der Waals surface area (Å²) in [4.78, 5) is 19.3. The molecule has 0 radical (unpaired) electrons. The number of aliphatic hydroxyl groups excluding tert-OH is 1. The van der Waals surface area contributed by atoms with E-state index in [0.717, 1.165) is 16.7 Å². The van der Waals surface area contributed by atoms with Crippen molar-refractivity contribution in [3.8, 4) is 0 Å². The van der Waals surface area contributed by atoms with Crippen molar-refractivity contribution >= 4 is 16.9 Å². The van der Waals surface area contributed by atoms with Crippen molar-refractivity contribution in [1.29, 1.82) is 0 Å². The minimum Gasteiger partial charge on any atom is -0.382 e. The van der Waals surface area contributed by atoms with Crippen molar-refractivity contribution in [3.63, 3.8) is 0 Å². The summed E-state index contributed by atoms with van der Waals surface area (Å²) in [7, 11) is 0. The van der Waals surface area contributed by atoms with Gasteiger partial charge < -0.3 is 16.2 Å². The van der Waals surface area contributed by atoms with Crippen LogP contribution in [0.3, 0.4) is 0 Å². The van der Waals surface area contributed by atoms with E-state index in [9.17, 15) is 9.90 Å². The number of fused-ring (bicyclic) bond motifs is 1. The van der Waals surface area contributed by atoms with Gasteiger partial charge in [-0.15, -0.1) is 0 Å². The fourth-order valence-corrected chi connectivity index (χ4v) is 1.52. The van der Waals surface area contributed by atoms with Crippen LogP contribution in [0.15, 0.2) is 30.5 Å². The van der Waals surface area contributed by atoms with Crippen LogP contribution in [0.2, 0.25) is 0 Å². The summed E-state index contributed by atoms with van der Waals surface area (Å²) in [5.74, 6) is -0.743. The molecule has 0 saturated carbocycles. The number of aromatic nitrogens is 2. The van der Waals surface area contributed by atoms with E-state index < -0.39 is 12.0 Å². The van der Waals surface area contributed by atoms with E-state index in [1.165, 1.54) is 0 Å². The average Bonchev–Trinajstić information content (AvgIpc) is 2.38. The van der Waals surface area contributed by atoms with Gasteiger partial charge in [-0.1, -0.05) is 12.1 Å². The second-order valence-corrected chi connectivity index (χ2v) is 3.90. The molecular formula is C12H14N4O2. The van der Waals surface area contributed by atoms with Gasteiger partial charge in [0.2, 0.25) is 5.91 Å². The van der Waals surface area contributed by atoms with Crippen LogP contribution in [0.4, 0.5) is 0 Å². The lowest BCUT2D eigenvalue weighted by Gasteiger charge is -2.08. The fraction of sp³-hybridized carbons (Fsp3) is 0.250. The molecule has 6 nitrogen and oxygen atoms in total. The molecule has 4 N–H and O–H groups in total. The second-order valence-electron chi connectivity index (χ2n) is 3.90. The zero-order chi connectivity index (χ0) is 13.0. The first-order valence-corrected chi connectivity index (χ1v) is 5.55. The number of rotatable bonds is 5. The number of nitrogens with two attached hydrogens (primary N) is 1. The molecule has 0 spiro atoms. The number of carbonyl (C=O) groups excluding carboxylic acids is 1. The number of hydrogen-bond donors (Lipinski definition) is 3. The summed E-state index contributed by atoms with van der Waals surface area (Å²) in [6, 6.07) is 7.56. The maximum absolute atomic E-state index is 10.6. The van der Waals surface area contributed by atoms with Crippen molar-refractivity contribution in [2.24, 2.45) is 5.73 Å². The highest BCUT2D eigenvalue weighted by molar-refractivity contribution is 5.78. The number of primary amides is 1. The Morgan fingerprint density at radius 3 is 2.83 bits per heavy atom. The Kier molecular flexibility index (Phi) is 3.81. The van der Waals surface area contributed by atoms with Gasteiger partial charge in [0.15, 0.2) is 0 Å². The molecule has 0 bridgehead atoms. The number of aliphatic hydroxyl groups is 1. The average molecular weight is 246 g/mol. The summed E-state index contributed by atoms with van der Waals surface area (Å²) in [5.41, 5.74) is 7.32. The highest BCUT2D eigenvalue weighted by atomic mass is 16.3. The normalized spacial score (nSPS) is 12.5. The van der Waals surface area contributed by atoms with Crippen LogP contribution in [0.25, 0.3) is 11.0 Å². The fourth-order valence-electron chi connectivity index (χ4n) is 1.52. The lowest BCUT2D eigenvalue weighted by atomic mass is 10.3. The lowest BCUT2D eigenvalue weighted by Crippen LogP contribution is -2.37. The van der Waals surface area contributed by atoms with Gasteiger partial charge in [0, 0.05) is 13.1 Å². The minimum atomic E-state index is -1.18. The summed E-state index contributed by atoms with van der Waals surface area (Å²) in [6.45, 7) is 0.520. The van der Waals surface area contributed by atoms with Gasteiger partial charge in [-0.3, -0.25) is 9.78 Å². The van der Waals surface area contributed by atoms with Crippen LogP contribution < -0.4 is 11.1 Å². The van der Waals surface area contributed by atoms with E-state index in [1.807, 2.05) is 24.3 Å². The number of para-hydroxylation sites is 2. The molecule has 1 atom stereocenters. The second kappa shape index (κ2) is 5.52. The molecular weight excluding hydrogens is 232 g/mol. The molecule has 0 aliphatic carbocycles. The standard InChI is InChI=1S/C12H14N4O2/c13-12(18)11(17)7-14-5-8-6-15-9-3-1-2-4-10(9)16-8/h1-4,6,11,14,17H,5,7H2,(H2,13,18). The molecule has 2 aromatic rings. The summed E-state index contributed by atoms with van der Waals surface area (Å²) in [6.07, 6.45) is 0.477. The molecule has 2 rings (SSSR count). The zero-order valence-electron chi connectivity index (χ0n) is 9.71. The highest BCUT2D eigenvalue weighted by Crippen LogP contribution is 2.08. The van der Waals surface area contributed by atoms with Crippen LogP contribution in [0.1, 0.15) is 5.69 Å². The van der Waals surface area contributed by atoms with E-state index in [2.05, 4.69) is 15.3 Å². The van der Waals surface area contributed by atoms with Crippen molar-refractivity contribution in [3.05, 3.63) is 36.2 Å². The molecule has 0 fully saturated rings. The van der Waals surface area contributed by atoms with Gasteiger partial charge in [-0.2, -0.15) is 0 Å². The third-order valence-corrected chi connectivity index (χ3v) is 2.47. The van der Waals surface area contributed by atoms with Crippen LogP contribution in [0.5, 0.6) is 0 Å². The minimum absolute atomic E-state index is 0.101. The van der Waals surface area contributed by atoms with E-state index >= 15 is 0 Å². The Labute approximate surface area is 104 Å². The number of nitrogens with one attached hydrogen (secondary N) is 1. The Morgan fingerprint density at radius 2 is 2.11 bits per heavy atom. The van der Waals surface area contributed by atoms with Crippen molar-refractivity contribution in [1.82, 2.24) is 15.3 Å². The quantitative estimate of drug-likeness (QED) is 0.664. The lowest BCUT2D eigenvalue weighted by molar-refractivity contribution is -0.125. The smallest absolute Gasteiger partial charge is 0.247 e. The molecule has 1 amide bonds. The largest absolute Gasteiger partial charge is 0.382 e. The first-order chi connectivity index (χ1) is 8.66. The van der Waals surface area contributed by atoms with Crippen LogP contribution >= 0.6 is 0 Å². The molecule has 18 heavy (non-hydrogen) atoms. The monoisotopic (exact) mass is 246 g/mol. The van der Waals surface area contributed by atoms with E-state index in [-0.39, 0.29) is 6.54 Å². The predicted molar refractivity (Wildman–Crippen MR) is 66.4 cm³/mol. The molecule has 0 aliphatic rings. The van der Waals surface area contributed by atoms with Gasteiger partial charge in [-0.05, 0) is 12.1 Å². The van der Waals surface area contributed by atoms with Gasteiger partial charge >= 0.3 is 0 Å². The zero-order valence-corrected chi connectivity index (χ0v) is 9.71. The molecule has 0 aliphatic heterocycles. The molecule has 1 heterocycles. The molecule has 6 heteroatoms. The molecule has 0 saturated heterocycles. The maximum atomic E-state index is 10.6. The van der Waals surface area contributed by atoms with E-state index in [4.69, 9.17) is 5.73 Å². The van der Waals surface area contributed by atoms with Gasteiger partial charge in [0.05, 0.1) is 22.9 Å². The van der Waals surface area contributed by atoms with Gasteiger partial charge in [0.1, 0.15) is 6.10 Å². The molecule has 94 valence electrons. The first kappa shape index (κ1) is 12.4. The number of benzene rings is 1. The van der Waals surface area contributed by atoms with Crippen LogP contribution in [0, 0.1) is 0 Å². The van der Waals surface area contributed by atoms with Gasteiger partial charge in [0.25, 0.3) is 0 Å².